The van der Waals surface area contributed by atoms with Gasteiger partial charge in [-0.05, 0) is 18.2 Å². The van der Waals surface area contributed by atoms with Crippen LogP contribution in [0.5, 0.6) is 5.75 Å². The molecule has 0 bridgehead atoms. The average Bonchev–Trinajstić information content (AvgIpc) is 1.64. The minimum absolute atomic E-state index is 0. The van der Waals surface area contributed by atoms with Crippen LogP contribution < -0.4 is 29.6 Å². The first-order valence-corrected chi connectivity index (χ1v) is 2.61. The van der Waals surface area contributed by atoms with Crippen LogP contribution in [0.25, 0.3) is 0 Å². The van der Waals surface area contributed by atoms with Gasteiger partial charge in [0.15, 0.2) is 0 Å². The summed E-state index contributed by atoms with van der Waals surface area (Å²) in [6.45, 7) is 0. The topological polar surface area (TPSA) is 20.2 Å². The van der Waals surface area contributed by atoms with Crippen LogP contribution in [0.15, 0.2) is 24.3 Å². The predicted molar refractivity (Wildman–Crippen MR) is 34.2 cm³/mol. The third kappa shape index (κ3) is 3.11. The number of hydrogen-bond acceptors (Lipinski definition) is 1. The van der Waals surface area contributed by atoms with E-state index in [0.717, 1.165) is 0 Å². The van der Waals surface area contributed by atoms with Gasteiger partial charge in [-0.1, -0.05) is 17.7 Å². The molecule has 0 saturated carbocycles. The van der Waals surface area contributed by atoms with Crippen LogP contribution in [0.3, 0.4) is 0 Å². The maximum Gasteiger partial charge on any atom is 1.00 e. The smallest absolute Gasteiger partial charge is 1.00 e. The molecule has 1 rings (SSSR count). The summed E-state index contributed by atoms with van der Waals surface area (Å²) in [4.78, 5) is 0. The Morgan fingerprint density at radius 2 is 2.11 bits per heavy atom. The van der Waals surface area contributed by atoms with E-state index in [4.69, 9.17) is 16.7 Å². The number of benzene rings is 1. The van der Waals surface area contributed by atoms with Gasteiger partial charge in [0.2, 0.25) is 0 Å². The Balaban J connectivity index is 0. The summed E-state index contributed by atoms with van der Waals surface area (Å²) in [7, 11) is 0. The third-order valence-corrected chi connectivity index (χ3v) is 1.04. The molecular formula is C6H6ClNaO. The molecule has 0 atom stereocenters. The molecule has 3 heteroatoms. The molecule has 0 heterocycles. The number of rotatable bonds is 0. The van der Waals surface area contributed by atoms with Crippen molar-refractivity contribution in [1.82, 2.24) is 0 Å². The molecule has 0 aromatic heterocycles. The zero-order chi connectivity index (χ0) is 5.98. The van der Waals surface area contributed by atoms with E-state index < -0.39 is 0 Å². The fourth-order valence-corrected chi connectivity index (χ4v) is 0.661. The van der Waals surface area contributed by atoms with Crippen LogP contribution in [0, 0.1) is 0 Å². The second kappa shape index (κ2) is 4.18. The van der Waals surface area contributed by atoms with E-state index in [1.807, 2.05) is 0 Å². The summed E-state index contributed by atoms with van der Waals surface area (Å²) in [5.41, 5.74) is 0. The molecule has 0 amide bonds. The summed E-state index contributed by atoms with van der Waals surface area (Å²) >= 11 is 5.48. The van der Waals surface area contributed by atoms with Gasteiger partial charge in [0, 0.05) is 5.02 Å². The summed E-state index contributed by atoms with van der Waals surface area (Å²) in [6.07, 6.45) is 0. The second-order valence-corrected chi connectivity index (χ2v) is 1.92. The Hall–Kier alpha value is 0.310. The van der Waals surface area contributed by atoms with E-state index in [-0.39, 0.29) is 36.7 Å². The zero-order valence-corrected chi connectivity index (χ0v) is 7.89. The Kier molecular flexibility index (Phi) is 4.32. The predicted octanol–water partition coefficient (Wildman–Crippen LogP) is -0.838. The van der Waals surface area contributed by atoms with Crippen LogP contribution in [-0.2, 0) is 0 Å². The van der Waals surface area contributed by atoms with E-state index in [1.165, 1.54) is 6.07 Å². The largest absolute Gasteiger partial charge is 1.00 e. The van der Waals surface area contributed by atoms with Gasteiger partial charge < -0.3 is 6.53 Å². The Morgan fingerprint density at radius 3 is 2.44 bits per heavy atom. The summed E-state index contributed by atoms with van der Waals surface area (Å²) < 4.78 is 0. The Morgan fingerprint density at radius 1 is 1.44 bits per heavy atom. The molecule has 1 N–H and O–H groups in total. The number of phenols is 1. The van der Waals surface area contributed by atoms with Crippen molar-refractivity contribution in [3.63, 3.8) is 0 Å². The van der Waals surface area contributed by atoms with Gasteiger partial charge in [-0.3, -0.25) is 0 Å². The maximum atomic E-state index is 8.73. The van der Waals surface area contributed by atoms with Crippen LogP contribution in [0.2, 0.25) is 5.02 Å². The van der Waals surface area contributed by atoms with Gasteiger partial charge in [0.25, 0.3) is 0 Å². The molecule has 0 unspecified atom stereocenters. The first-order valence-electron chi connectivity index (χ1n) is 2.23. The van der Waals surface area contributed by atoms with Crippen molar-refractivity contribution in [2.45, 2.75) is 0 Å². The standard InChI is InChI=1S/C6H5ClO.Na.H/c7-5-2-1-3-6(8)4-5;;/h1-4,8H;;/q;+1;-1. The minimum Gasteiger partial charge on any atom is -1.00 e. The van der Waals surface area contributed by atoms with Gasteiger partial charge in [-0.25, -0.2) is 0 Å². The molecule has 0 spiro atoms. The van der Waals surface area contributed by atoms with Crippen molar-refractivity contribution >= 4 is 11.6 Å². The van der Waals surface area contributed by atoms with Crippen LogP contribution in [-0.4, -0.2) is 5.11 Å². The molecule has 0 aliphatic rings. The van der Waals surface area contributed by atoms with E-state index in [9.17, 15) is 0 Å². The molecular weight excluding hydrogens is 147 g/mol. The third-order valence-electron chi connectivity index (χ3n) is 0.808. The van der Waals surface area contributed by atoms with Crippen molar-refractivity contribution in [2.75, 3.05) is 0 Å². The van der Waals surface area contributed by atoms with Crippen LogP contribution in [0.1, 0.15) is 1.43 Å². The summed E-state index contributed by atoms with van der Waals surface area (Å²) in [5.74, 6) is 0.206. The zero-order valence-electron chi connectivity index (χ0n) is 6.13. The molecule has 9 heavy (non-hydrogen) atoms. The summed E-state index contributed by atoms with van der Waals surface area (Å²) in [5, 5.41) is 9.29. The van der Waals surface area contributed by atoms with Crippen molar-refractivity contribution in [1.29, 1.82) is 0 Å². The SMILES string of the molecule is Oc1cccc(Cl)c1.[H-].[Na+]. The number of hydrogen-bond donors (Lipinski definition) is 1. The molecule has 1 aromatic rings. The van der Waals surface area contributed by atoms with Gasteiger partial charge in [-0.2, -0.15) is 0 Å². The molecule has 1 nitrogen and oxygen atoms in total. The van der Waals surface area contributed by atoms with E-state index in [1.54, 1.807) is 18.2 Å². The van der Waals surface area contributed by atoms with E-state index >= 15 is 0 Å². The van der Waals surface area contributed by atoms with Crippen molar-refractivity contribution < 1.29 is 36.1 Å². The van der Waals surface area contributed by atoms with Crippen LogP contribution in [0.4, 0.5) is 0 Å². The molecule has 44 valence electrons. The Labute approximate surface area is 82.4 Å². The minimum atomic E-state index is 0. The van der Waals surface area contributed by atoms with Crippen LogP contribution >= 0.6 is 11.6 Å². The Bertz CT molecular complexity index is 178. The number of halogens is 1. The number of phenolic OH excluding ortho intramolecular Hbond substituents is 1. The number of aromatic hydroxyl groups is 1. The quantitative estimate of drug-likeness (QED) is 0.481. The molecule has 0 aliphatic heterocycles. The van der Waals surface area contributed by atoms with Gasteiger partial charge in [0.05, 0.1) is 0 Å². The molecule has 0 fully saturated rings. The van der Waals surface area contributed by atoms with Gasteiger partial charge >= 0.3 is 29.6 Å². The fraction of sp³-hybridized carbons (Fsp3) is 0. The van der Waals surface area contributed by atoms with Crippen molar-refractivity contribution in [3.05, 3.63) is 29.3 Å². The van der Waals surface area contributed by atoms with E-state index in [2.05, 4.69) is 0 Å². The van der Waals surface area contributed by atoms with E-state index in [0.29, 0.717) is 5.02 Å². The van der Waals surface area contributed by atoms with Crippen molar-refractivity contribution in [2.24, 2.45) is 0 Å². The van der Waals surface area contributed by atoms with Gasteiger partial charge in [-0.15, -0.1) is 0 Å². The molecule has 1 aromatic carbocycles. The molecule has 0 aliphatic carbocycles. The monoisotopic (exact) mass is 152 g/mol. The first kappa shape index (κ1) is 9.31. The fourth-order valence-electron chi connectivity index (χ4n) is 0.476. The summed E-state index contributed by atoms with van der Waals surface area (Å²) in [6, 6.07) is 6.46. The van der Waals surface area contributed by atoms with Gasteiger partial charge in [0.1, 0.15) is 5.75 Å². The normalized spacial score (nSPS) is 8.11. The molecule has 0 radical (unpaired) electrons. The second-order valence-electron chi connectivity index (χ2n) is 1.48. The first-order chi connectivity index (χ1) is 3.79. The molecule has 0 saturated heterocycles. The van der Waals surface area contributed by atoms with Crippen molar-refractivity contribution in [3.8, 4) is 5.75 Å². The maximum absolute atomic E-state index is 8.73. The average molecular weight is 153 g/mol.